The molecule has 0 radical (unpaired) electrons. The maximum atomic E-state index is 8.57. The Morgan fingerprint density at radius 3 is 2.60 bits per heavy atom. The summed E-state index contributed by atoms with van der Waals surface area (Å²) in [6.45, 7) is 7.70. The molecule has 1 heteroatoms. The van der Waals surface area contributed by atoms with Gasteiger partial charge in [-0.3, -0.25) is 0 Å². The maximum Gasteiger partial charge on any atom is 0.0659 e. The molecule has 0 amide bonds. The Hall–Kier alpha value is -1.03. The minimum atomic E-state index is 0.193. The van der Waals surface area contributed by atoms with E-state index >= 15 is 0 Å². The first-order chi connectivity index (χ1) is 4.74. The molecule has 0 aromatic heterocycles. The summed E-state index contributed by atoms with van der Waals surface area (Å²) in [5.41, 5.74) is 2.20. The zero-order valence-electron chi connectivity index (χ0n) is 6.06. The molecule has 1 nitrogen and oxygen atoms in total. The van der Waals surface area contributed by atoms with Gasteiger partial charge in [0, 0.05) is 0 Å². The van der Waals surface area contributed by atoms with E-state index in [1.54, 1.807) is 0 Å². The Morgan fingerprint density at radius 1 is 1.40 bits per heavy atom. The van der Waals surface area contributed by atoms with Gasteiger partial charge in [0.2, 0.25) is 0 Å². The van der Waals surface area contributed by atoms with Crippen molar-refractivity contribution in [3.05, 3.63) is 24.3 Å². The van der Waals surface area contributed by atoms with E-state index in [2.05, 4.69) is 19.2 Å². The average molecular weight is 133 g/mol. The van der Waals surface area contributed by atoms with Crippen molar-refractivity contribution in [2.24, 2.45) is 5.92 Å². The second-order valence-corrected chi connectivity index (χ2v) is 2.78. The van der Waals surface area contributed by atoms with Gasteiger partial charge in [-0.25, -0.2) is 0 Å². The molecule has 0 aromatic carbocycles. The molecule has 0 aliphatic heterocycles. The summed E-state index contributed by atoms with van der Waals surface area (Å²) >= 11 is 0. The zero-order valence-corrected chi connectivity index (χ0v) is 6.06. The summed E-state index contributed by atoms with van der Waals surface area (Å²) in [6.07, 6.45) is 2.75. The Labute approximate surface area is 61.7 Å². The molecule has 0 heterocycles. The third kappa shape index (κ3) is 1.27. The number of nitriles is 1. The highest BCUT2D eigenvalue weighted by Gasteiger charge is 2.16. The van der Waals surface area contributed by atoms with Crippen LogP contribution in [0.5, 0.6) is 0 Å². The lowest BCUT2D eigenvalue weighted by Crippen LogP contribution is -2.07. The van der Waals surface area contributed by atoms with Gasteiger partial charge in [-0.05, 0) is 19.3 Å². The van der Waals surface area contributed by atoms with E-state index in [0.29, 0.717) is 0 Å². The van der Waals surface area contributed by atoms with Gasteiger partial charge in [0.25, 0.3) is 0 Å². The second-order valence-electron chi connectivity index (χ2n) is 2.78. The van der Waals surface area contributed by atoms with Crippen molar-refractivity contribution >= 4 is 0 Å². The quantitative estimate of drug-likeness (QED) is 0.498. The van der Waals surface area contributed by atoms with Gasteiger partial charge in [0.1, 0.15) is 0 Å². The molecule has 0 bridgehead atoms. The van der Waals surface area contributed by atoms with Crippen molar-refractivity contribution < 1.29 is 0 Å². The van der Waals surface area contributed by atoms with Crippen LogP contribution in [-0.2, 0) is 0 Å². The highest BCUT2D eigenvalue weighted by atomic mass is 14.3. The van der Waals surface area contributed by atoms with Crippen LogP contribution in [0.15, 0.2) is 24.3 Å². The Morgan fingerprint density at radius 2 is 2.10 bits per heavy atom. The SMILES string of the molecule is C=C1CCC(C#N)CC1=C. The van der Waals surface area contributed by atoms with Crippen LogP contribution in [0, 0.1) is 17.2 Å². The lowest BCUT2D eigenvalue weighted by atomic mass is 9.84. The molecule has 10 heavy (non-hydrogen) atoms. The van der Waals surface area contributed by atoms with Crippen molar-refractivity contribution in [1.82, 2.24) is 0 Å². The largest absolute Gasteiger partial charge is 0.198 e. The van der Waals surface area contributed by atoms with Crippen LogP contribution in [0.25, 0.3) is 0 Å². The molecule has 0 N–H and O–H groups in total. The molecule has 52 valence electrons. The van der Waals surface area contributed by atoms with Crippen molar-refractivity contribution in [1.29, 1.82) is 5.26 Å². The minimum absolute atomic E-state index is 0.193. The first kappa shape index (κ1) is 7.08. The van der Waals surface area contributed by atoms with Crippen LogP contribution >= 0.6 is 0 Å². The van der Waals surface area contributed by atoms with Gasteiger partial charge in [-0.15, -0.1) is 0 Å². The van der Waals surface area contributed by atoms with E-state index in [4.69, 9.17) is 5.26 Å². The summed E-state index contributed by atoms with van der Waals surface area (Å²) < 4.78 is 0. The minimum Gasteiger partial charge on any atom is -0.198 e. The standard InChI is InChI=1S/C9H11N/c1-7-3-4-9(6-10)5-8(7)2/h9H,1-5H2. The van der Waals surface area contributed by atoms with Crippen LogP contribution in [0.2, 0.25) is 0 Å². The smallest absolute Gasteiger partial charge is 0.0659 e. The Bertz CT molecular complexity index is 207. The highest BCUT2D eigenvalue weighted by Crippen LogP contribution is 2.29. The Balaban J connectivity index is 2.59. The first-order valence-corrected chi connectivity index (χ1v) is 3.49. The molecular formula is C9H11N. The predicted molar refractivity (Wildman–Crippen MR) is 41.2 cm³/mol. The lowest BCUT2D eigenvalue weighted by molar-refractivity contribution is 0.562. The molecule has 1 saturated carbocycles. The molecule has 0 spiro atoms. The van der Waals surface area contributed by atoms with Crippen molar-refractivity contribution in [2.75, 3.05) is 0 Å². The number of rotatable bonds is 0. The van der Waals surface area contributed by atoms with Gasteiger partial charge in [-0.1, -0.05) is 24.3 Å². The molecular weight excluding hydrogens is 122 g/mol. The third-order valence-electron chi connectivity index (χ3n) is 1.97. The Kier molecular flexibility index (Phi) is 1.91. The normalized spacial score (nSPS) is 26.1. The van der Waals surface area contributed by atoms with E-state index in [9.17, 15) is 0 Å². The van der Waals surface area contributed by atoms with E-state index in [1.807, 2.05) is 0 Å². The van der Waals surface area contributed by atoms with Gasteiger partial charge < -0.3 is 0 Å². The van der Waals surface area contributed by atoms with Crippen LogP contribution in [0.4, 0.5) is 0 Å². The first-order valence-electron chi connectivity index (χ1n) is 3.49. The zero-order chi connectivity index (χ0) is 7.56. The van der Waals surface area contributed by atoms with Gasteiger partial charge in [-0.2, -0.15) is 5.26 Å². The third-order valence-corrected chi connectivity index (χ3v) is 1.97. The van der Waals surface area contributed by atoms with E-state index in [0.717, 1.165) is 30.4 Å². The molecule has 1 rings (SSSR count). The van der Waals surface area contributed by atoms with Gasteiger partial charge >= 0.3 is 0 Å². The number of nitrogens with zero attached hydrogens (tertiary/aromatic N) is 1. The summed E-state index contributed by atoms with van der Waals surface area (Å²) in [7, 11) is 0. The molecule has 1 aliphatic carbocycles. The van der Waals surface area contributed by atoms with Crippen molar-refractivity contribution in [3.8, 4) is 6.07 Å². The predicted octanol–water partition coefficient (Wildman–Crippen LogP) is 2.42. The average Bonchev–Trinajstić information content (AvgIpc) is 1.95. The summed E-state index contributed by atoms with van der Waals surface area (Å²) in [4.78, 5) is 0. The number of hydrogen-bond acceptors (Lipinski definition) is 1. The van der Waals surface area contributed by atoms with Crippen LogP contribution in [0.3, 0.4) is 0 Å². The molecule has 0 saturated heterocycles. The molecule has 0 aromatic rings. The summed E-state index contributed by atoms with van der Waals surface area (Å²) in [5, 5.41) is 8.57. The molecule has 1 atom stereocenters. The molecule has 1 fully saturated rings. The summed E-state index contributed by atoms with van der Waals surface area (Å²) in [6, 6.07) is 2.25. The molecule has 1 aliphatic rings. The van der Waals surface area contributed by atoms with E-state index < -0.39 is 0 Å². The van der Waals surface area contributed by atoms with E-state index in [-0.39, 0.29) is 5.92 Å². The van der Waals surface area contributed by atoms with Gasteiger partial charge in [0.05, 0.1) is 12.0 Å². The fourth-order valence-corrected chi connectivity index (χ4v) is 1.18. The van der Waals surface area contributed by atoms with Crippen LogP contribution in [0.1, 0.15) is 19.3 Å². The van der Waals surface area contributed by atoms with Crippen LogP contribution < -0.4 is 0 Å². The monoisotopic (exact) mass is 133 g/mol. The van der Waals surface area contributed by atoms with Crippen molar-refractivity contribution in [3.63, 3.8) is 0 Å². The summed E-state index contributed by atoms with van der Waals surface area (Å²) in [5.74, 6) is 0.193. The van der Waals surface area contributed by atoms with Gasteiger partial charge in [0.15, 0.2) is 0 Å². The lowest BCUT2D eigenvalue weighted by Gasteiger charge is -2.19. The van der Waals surface area contributed by atoms with Crippen molar-refractivity contribution in [2.45, 2.75) is 19.3 Å². The van der Waals surface area contributed by atoms with Crippen LogP contribution in [-0.4, -0.2) is 0 Å². The molecule has 1 unspecified atom stereocenters. The fraction of sp³-hybridized carbons (Fsp3) is 0.444. The second kappa shape index (κ2) is 2.70. The topological polar surface area (TPSA) is 23.8 Å². The van der Waals surface area contributed by atoms with E-state index in [1.165, 1.54) is 0 Å². The number of allylic oxidation sites excluding steroid dienone is 2. The maximum absolute atomic E-state index is 8.57. The fourth-order valence-electron chi connectivity index (χ4n) is 1.18. The number of hydrogen-bond donors (Lipinski definition) is 0. The highest BCUT2D eigenvalue weighted by molar-refractivity contribution is 5.29.